The van der Waals surface area contributed by atoms with Crippen LogP contribution in [0.15, 0.2) is 113 Å². The molecule has 2 heterocycles. The second kappa shape index (κ2) is 10.9. The molecule has 7 heteroatoms. The number of fused-ring (bicyclic) bond motifs is 2. The van der Waals surface area contributed by atoms with Crippen LogP contribution in [-0.2, 0) is 0 Å². The molecule has 7 nitrogen and oxygen atoms in total. The topological polar surface area (TPSA) is 84.2 Å². The van der Waals surface area contributed by atoms with Gasteiger partial charge in [-0.1, -0.05) is 60.7 Å². The van der Waals surface area contributed by atoms with Gasteiger partial charge in [0.25, 0.3) is 0 Å². The van der Waals surface area contributed by atoms with Crippen LogP contribution in [0.25, 0.3) is 28.4 Å². The number of ether oxygens (including phenoxy) is 4. The second-order valence-corrected chi connectivity index (χ2v) is 9.14. The van der Waals surface area contributed by atoms with E-state index in [2.05, 4.69) is 0 Å². The van der Waals surface area contributed by atoms with Crippen LogP contribution in [-0.4, -0.2) is 26.0 Å². The fourth-order valence-corrected chi connectivity index (χ4v) is 4.65. The van der Waals surface area contributed by atoms with Gasteiger partial charge in [-0.3, -0.25) is 4.79 Å². The third-order valence-corrected chi connectivity index (χ3v) is 6.65. The van der Waals surface area contributed by atoms with Crippen LogP contribution in [0, 0.1) is 0 Å². The molecule has 0 spiro atoms. The zero-order valence-electron chi connectivity index (χ0n) is 22.3. The molecule has 0 saturated heterocycles. The van der Waals surface area contributed by atoms with Gasteiger partial charge in [-0.2, -0.15) is 0 Å². The van der Waals surface area contributed by atoms with E-state index in [0.29, 0.717) is 33.8 Å². The third kappa shape index (κ3) is 4.96. The van der Waals surface area contributed by atoms with E-state index in [9.17, 15) is 9.59 Å². The van der Waals surface area contributed by atoms with Crippen molar-refractivity contribution in [3.05, 3.63) is 126 Å². The van der Waals surface area contributed by atoms with Crippen LogP contribution in [0.2, 0.25) is 0 Å². The summed E-state index contributed by atoms with van der Waals surface area (Å²) in [4.78, 5) is 26.5. The zero-order chi connectivity index (χ0) is 28.3. The molecule has 0 atom stereocenters. The van der Waals surface area contributed by atoms with E-state index in [0.717, 1.165) is 16.9 Å². The second-order valence-electron chi connectivity index (χ2n) is 9.14. The number of carbonyl (C=O) groups is 2. The molecule has 0 amide bonds. The van der Waals surface area contributed by atoms with Crippen molar-refractivity contribution in [1.82, 2.24) is 0 Å². The Morgan fingerprint density at radius 3 is 2.41 bits per heavy atom. The lowest BCUT2D eigenvalue weighted by Crippen LogP contribution is -2.09. The normalized spacial score (nSPS) is 13.4. The number of Topliss-reactive ketones (excluding diaryl/α,β-unsaturated/α-hetero) is 1. The summed E-state index contributed by atoms with van der Waals surface area (Å²) >= 11 is 0. The fraction of sp³-hybridized carbons (Fsp3) is 0.0588. The smallest absolute Gasteiger partial charge is 0.348 e. The Hall–Kier alpha value is -5.56. The lowest BCUT2D eigenvalue weighted by molar-refractivity contribution is 0.0736. The summed E-state index contributed by atoms with van der Waals surface area (Å²) in [5.41, 5.74) is 2.77. The predicted octanol–water partition coefficient (Wildman–Crippen LogP) is 7.51. The Balaban J connectivity index is 1.28. The molecular formula is C34H24O7. The molecule has 41 heavy (non-hydrogen) atoms. The van der Waals surface area contributed by atoms with E-state index in [1.807, 2.05) is 60.7 Å². The minimum atomic E-state index is -0.615. The van der Waals surface area contributed by atoms with E-state index in [1.165, 1.54) is 6.07 Å². The monoisotopic (exact) mass is 544 g/mol. The number of hydrogen-bond donors (Lipinski definition) is 0. The number of para-hydroxylation sites is 1. The highest BCUT2D eigenvalue weighted by Gasteiger charge is 2.29. The molecule has 1 aliphatic heterocycles. The van der Waals surface area contributed by atoms with Gasteiger partial charge in [-0.25, -0.2) is 4.79 Å². The average molecular weight is 545 g/mol. The van der Waals surface area contributed by atoms with Crippen LogP contribution in [0.5, 0.6) is 23.0 Å². The van der Waals surface area contributed by atoms with Crippen molar-refractivity contribution in [2.24, 2.45) is 0 Å². The number of hydrogen-bond acceptors (Lipinski definition) is 7. The van der Waals surface area contributed by atoms with Crippen LogP contribution < -0.4 is 18.9 Å². The molecule has 1 aromatic heterocycles. The van der Waals surface area contributed by atoms with E-state index in [-0.39, 0.29) is 22.9 Å². The minimum Gasteiger partial charge on any atom is -0.497 e. The fourth-order valence-electron chi connectivity index (χ4n) is 4.65. The van der Waals surface area contributed by atoms with Crippen molar-refractivity contribution in [3.63, 3.8) is 0 Å². The van der Waals surface area contributed by atoms with Gasteiger partial charge in [0.1, 0.15) is 39.9 Å². The van der Waals surface area contributed by atoms with Gasteiger partial charge < -0.3 is 23.4 Å². The molecule has 0 radical (unpaired) electrons. The zero-order valence-corrected chi connectivity index (χ0v) is 22.3. The van der Waals surface area contributed by atoms with Crippen molar-refractivity contribution >= 4 is 28.8 Å². The first-order chi connectivity index (χ1) is 20.1. The molecule has 0 N–H and O–H groups in total. The lowest BCUT2D eigenvalue weighted by Gasteiger charge is -2.07. The molecule has 202 valence electrons. The molecule has 1 aliphatic rings. The minimum absolute atomic E-state index is 0.161. The number of carbonyl (C=O) groups excluding carboxylic acids is 2. The molecule has 0 fully saturated rings. The largest absolute Gasteiger partial charge is 0.497 e. The van der Waals surface area contributed by atoms with Crippen molar-refractivity contribution in [2.45, 2.75) is 0 Å². The van der Waals surface area contributed by atoms with E-state index in [1.54, 1.807) is 56.7 Å². The van der Waals surface area contributed by atoms with E-state index < -0.39 is 5.97 Å². The summed E-state index contributed by atoms with van der Waals surface area (Å²) in [6.07, 6.45) is 5.14. The van der Waals surface area contributed by atoms with Crippen molar-refractivity contribution in [2.75, 3.05) is 14.2 Å². The molecular weight excluding hydrogens is 520 g/mol. The maximum Gasteiger partial charge on any atom is 0.348 e. The maximum atomic E-state index is 13.6. The predicted molar refractivity (Wildman–Crippen MR) is 155 cm³/mol. The Kier molecular flexibility index (Phi) is 6.83. The van der Waals surface area contributed by atoms with Gasteiger partial charge in [0, 0.05) is 22.6 Å². The molecule has 0 saturated carbocycles. The first kappa shape index (κ1) is 25.7. The summed E-state index contributed by atoms with van der Waals surface area (Å²) in [5.74, 6) is 1.50. The van der Waals surface area contributed by atoms with Gasteiger partial charge >= 0.3 is 5.97 Å². The van der Waals surface area contributed by atoms with Gasteiger partial charge in [-0.15, -0.1) is 0 Å². The number of benzene rings is 4. The van der Waals surface area contributed by atoms with Gasteiger partial charge in [0.15, 0.2) is 5.76 Å². The van der Waals surface area contributed by atoms with Crippen molar-refractivity contribution < 1.29 is 33.0 Å². The van der Waals surface area contributed by atoms with Crippen LogP contribution >= 0.6 is 0 Å². The number of allylic oxidation sites excluding steroid dienone is 3. The molecule has 5 aromatic rings. The summed E-state index contributed by atoms with van der Waals surface area (Å²) in [5, 5.41) is 0.563. The average Bonchev–Trinajstić information content (AvgIpc) is 3.54. The Bertz CT molecular complexity index is 1840. The highest BCUT2D eigenvalue weighted by Crippen LogP contribution is 2.38. The Labute approximate surface area is 235 Å². The van der Waals surface area contributed by atoms with Crippen LogP contribution in [0.3, 0.4) is 0 Å². The third-order valence-electron chi connectivity index (χ3n) is 6.65. The Morgan fingerprint density at radius 1 is 0.829 bits per heavy atom. The lowest BCUT2D eigenvalue weighted by atomic mass is 10.1. The SMILES string of the molecule is COc1ccc2oc(-c3ccccc3)c(C(=O)Oc3ccc4c(c3)O/C(=C\C=C\c3ccccc3OC)C4=O)c2c1. The van der Waals surface area contributed by atoms with Gasteiger partial charge in [-0.05, 0) is 42.5 Å². The van der Waals surface area contributed by atoms with Crippen LogP contribution in [0.4, 0.5) is 0 Å². The quantitative estimate of drug-likeness (QED) is 0.119. The highest BCUT2D eigenvalue weighted by molar-refractivity contribution is 6.13. The number of furan rings is 1. The summed E-state index contributed by atoms with van der Waals surface area (Å²) in [6, 6.07) is 26.8. The maximum absolute atomic E-state index is 13.6. The molecule has 0 bridgehead atoms. The first-order valence-electron chi connectivity index (χ1n) is 12.8. The van der Waals surface area contributed by atoms with E-state index >= 15 is 0 Å². The van der Waals surface area contributed by atoms with Crippen molar-refractivity contribution in [1.29, 1.82) is 0 Å². The van der Waals surface area contributed by atoms with Gasteiger partial charge in [0.2, 0.25) is 5.78 Å². The van der Waals surface area contributed by atoms with Gasteiger partial charge in [0.05, 0.1) is 19.8 Å². The summed E-state index contributed by atoms with van der Waals surface area (Å²) in [7, 11) is 3.16. The van der Waals surface area contributed by atoms with E-state index in [4.69, 9.17) is 23.4 Å². The number of esters is 1. The van der Waals surface area contributed by atoms with Crippen molar-refractivity contribution in [3.8, 4) is 34.3 Å². The first-order valence-corrected chi connectivity index (χ1v) is 12.8. The molecule has 0 unspecified atom stereocenters. The number of ketones is 1. The molecule has 6 rings (SSSR count). The molecule has 4 aromatic carbocycles. The molecule has 0 aliphatic carbocycles. The summed E-state index contributed by atoms with van der Waals surface area (Å²) in [6.45, 7) is 0. The number of rotatable bonds is 7. The van der Waals surface area contributed by atoms with Crippen LogP contribution in [0.1, 0.15) is 26.3 Å². The number of methoxy groups -OCH3 is 2. The standard InChI is InChI=1S/C34H24O7/c1-37-23-16-18-28-26(19-23)31(33(41-28)22-10-4-3-5-11-22)34(36)39-24-15-17-25-30(20-24)40-29(32(25)35)14-8-12-21-9-6-7-13-27(21)38-2/h3-20H,1-2H3/b12-8+,29-14-. The highest BCUT2D eigenvalue weighted by atomic mass is 16.5. The Morgan fingerprint density at radius 2 is 1.61 bits per heavy atom. The summed E-state index contributed by atoms with van der Waals surface area (Å²) < 4.78 is 28.4.